The second-order valence-electron chi connectivity index (χ2n) is 5.05. The van der Waals surface area contributed by atoms with E-state index in [4.69, 9.17) is 10.4 Å². The minimum absolute atomic E-state index is 0.103. The minimum atomic E-state index is -1.01. The van der Waals surface area contributed by atoms with Gasteiger partial charge in [0.15, 0.2) is 0 Å². The van der Waals surface area contributed by atoms with Crippen LogP contribution in [0.2, 0.25) is 0 Å². The van der Waals surface area contributed by atoms with Crippen LogP contribution in [0.25, 0.3) is 10.8 Å². The predicted molar refractivity (Wildman–Crippen MR) is 78.2 cm³/mol. The van der Waals surface area contributed by atoms with Crippen molar-refractivity contribution in [1.29, 1.82) is 5.26 Å². The van der Waals surface area contributed by atoms with Crippen molar-refractivity contribution in [2.24, 2.45) is 0 Å². The summed E-state index contributed by atoms with van der Waals surface area (Å²) in [6, 6.07) is 11.5. The topological polar surface area (TPSA) is 89.2 Å². The van der Waals surface area contributed by atoms with Crippen LogP contribution in [-0.2, 0) is 0 Å². The molecule has 1 aliphatic rings. The summed E-state index contributed by atoms with van der Waals surface area (Å²) in [4.78, 5) is 17.2. The van der Waals surface area contributed by atoms with Gasteiger partial charge in [-0.05, 0) is 17.9 Å². The molecule has 0 radical (unpaired) electrons. The third-order valence-electron chi connectivity index (χ3n) is 3.65. The molecular formula is C15H14N4O2. The van der Waals surface area contributed by atoms with E-state index in [2.05, 4.69) is 16.4 Å². The minimum Gasteiger partial charge on any atom is -0.465 e. The Hall–Kier alpha value is -2.81. The highest BCUT2D eigenvalue weighted by Crippen LogP contribution is 2.28. The molecule has 1 aromatic carbocycles. The summed E-state index contributed by atoms with van der Waals surface area (Å²) in [6.07, 6.45) is -0.274. The molecule has 3 rings (SSSR count). The SMILES string of the molecule is N#Cc1cc2ccccc2c(N2CCC(NC(=O)O)C2)n1. The molecule has 1 atom stereocenters. The molecule has 0 saturated carbocycles. The lowest BCUT2D eigenvalue weighted by Crippen LogP contribution is -2.36. The molecule has 2 aromatic rings. The molecule has 1 amide bonds. The van der Waals surface area contributed by atoms with Crippen molar-refractivity contribution in [3.05, 3.63) is 36.0 Å². The van der Waals surface area contributed by atoms with Gasteiger partial charge in [-0.2, -0.15) is 5.26 Å². The van der Waals surface area contributed by atoms with Gasteiger partial charge in [0, 0.05) is 18.5 Å². The van der Waals surface area contributed by atoms with Crippen LogP contribution in [0.1, 0.15) is 12.1 Å². The number of rotatable bonds is 2. The van der Waals surface area contributed by atoms with E-state index < -0.39 is 6.09 Å². The van der Waals surface area contributed by atoms with Crippen molar-refractivity contribution < 1.29 is 9.90 Å². The average molecular weight is 282 g/mol. The van der Waals surface area contributed by atoms with E-state index in [0.717, 1.165) is 29.6 Å². The highest BCUT2D eigenvalue weighted by molar-refractivity contribution is 5.93. The first-order valence-electron chi connectivity index (χ1n) is 6.71. The Bertz CT molecular complexity index is 738. The second-order valence-corrected chi connectivity index (χ2v) is 5.05. The van der Waals surface area contributed by atoms with E-state index in [0.29, 0.717) is 12.2 Å². The molecule has 2 N–H and O–H groups in total. The Kier molecular flexibility index (Phi) is 3.32. The van der Waals surface area contributed by atoms with Crippen molar-refractivity contribution in [3.8, 4) is 6.07 Å². The molecule has 2 heterocycles. The van der Waals surface area contributed by atoms with Crippen LogP contribution in [0.3, 0.4) is 0 Å². The smallest absolute Gasteiger partial charge is 0.404 e. The van der Waals surface area contributed by atoms with E-state index in [1.807, 2.05) is 29.2 Å². The molecule has 0 spiro atoms. The Morgan fingerprint density at radius 2 is 2.29 bits per heavy atom. The number of nitrogens with one attached hydrogen (secondary N) is 1. The van der Waals surface area contributed by atoms with Gasteiger partial charge in [-0.1, -0.05) is 24.3 Å². The van der Waals surface area contributed by atoms with Gasteiger partial charge in [-0.15, -0.1) is 0 Å². The number of carboxylic acid groups (broad SMARTS) is 1. The molecule has 1 saturated heterocycles. The van der Waals surface area contributed by atoms with Crippen molar-refractivity contribution >= 4 is 22.7 Å². The van der Waals surface area contributed by atoms with Crippen molar-refractivity contribution in [2.75, 3.05) is 18.0 Å². The van der Waals surface area contributed by atoms with Crippen LogP contribution in [-0.4, -0.2) is 35.3 Å². The van der Waals surface area contributed by atoms with Gasteiger partial charge in [0.2, 0.25) is 0 Å². The van der Waals surface area contributed by atoms with Crippen LogP contribution >= 0.6 is 0 Å². The number of hydrogen-bond acceptors (Lipinski definition) is 4. The van der Waals surface area contributed by atoms with Crippen LogP contribution in [0.4, 0.5) is 10.6 Å². The molecular weight excluding hydrogens is 268 g/mol. The number of carbonyl (C=O) groups is 1. The molecule has 21 heavy (non-hydrogen) atoms. The zero-order chi connectivity index (χ0) is 14.8. The Balaban J connectivity index is 1.97. The molecule has 0 bridgehead atoms. The quantitative estimate of drug-likeness (QED) is 0.878. The van der Waals surface area contributed by atoms with Gasteiger partial charge in [0.25, 0.3) is 0 Å². The van der Waals surface area contributed by atoms with E-state index in [1.165, 1.54) is 0 Å². The summed E-state index contributed by atoms with van der Waals surface area (Å²) in [6.45, 7) is 1.29. The van der Waals surface area contributed by atoms with Gasteiger partial charge in [0.05, 0.1) is 6.04 Å². The first-order valence-corrected chi connectivity index (χ1v) is 6.71. The summed E-state index contributed by atoms with van der Waals surface area (Å²) in [7, 11) is 0. The fourth-order valence-electron chi connectivity index (χ4n) is 2.72. The Morgan fingerprint density at radius 3 is 3.05 bits per heavy atom. The molecule has 6 heteroatoms. The summed E-state index contributed by atoms with van der Waals surface area (Å²) >= 11 is 0. The number of benzene rings is 1. The average Bonchev–Trinajstić information content (AvgIpc) is 2.93. The summed E-state index contributed by atoms with van der Waals surface area (Å²) in [5.41, 5.74) is 0.373. The number of aromatic nitrogens is 1. The number of pyridine rings is 1. The highest BCUT2D eigenvalue weighted by Gasteiger charge is 2.26. The van der Waals surface area contributed by atoms with E-state index in [1.54, 1.807) is 6.07 Å². The monoisotopic (exact) mass is 282 g/mol. The van der Waals surface area contributed by atoms with E-state index >= 15 is 0 Å². The van der Waals surface area contributed by atoms with Crippen LogP contribution in [0.5, 0.6) is 0 Å². The lowest BCUT2D eigenvalue weighted by Gasteiger charge is -2.19. The molecule has 1 aromatic heterocycles. The summed E-state index contributed by atoms with van der Waals surface area (Å²) in [5, 5.41) is 22.4. The van der Waals surface area contributed by atoms with E-state index in [-0.39, 0.29) is 6.04 Å². The van der Waals surface area contributed by atoms with Crippen molar-refractivity contribution in [1.82, 2.24) is 10.3 Å². The van der Waals surface area contributed by atoms with Crippen LogP contribution < -0.4 is 10.2 Å². The van der Waals surface area contributed by atoms with Crippen LogP contribution in [0.15, 0.2) is 30.3 Å². The van der Waals surface area contributed by atoms with Gasteiger partial charge in [-0.3, -0.25) is 0 Å². The third kappa shape index (κ3) is 2.58. The number of anilines is 1. The third-order valence-corrected chi connectivity index (χ3v) is 3.65. The van der Waals surface area contributed by atoms with E-state index in [9.17, 15) is 4.79 Å². The number of nitrogens with zero attached hydrogens (tertiary/aromatic N) is 3. The lowest BCUT2D eigenvalue weighted by molar-refractivity contribution is 0.191. The standard InChI is InChI=1S/C15H14N4O2/c16-8-12-7-10-3-1-2-4-13(10)14(17-12)19-6-5-11(9-19)18-15(20)21/h1-4,7,11,18H,5-6,9H2,(H,20,21). The molecule has 1 unspecified atom stereocenters. The maximum absolute atomic E-state index is 10.7. The number of hydrogen-bond donors (Lipinski definition) is 2. The van der Waals surface area contributed by atoms with Crippen LogP contribution in [0, 0.1) is 11.3 Å². The Labute approximate surface area is 121 Å². The van der Waals surface area contributed by atoms with Gasteiger partial charge >= 0.3 is 6.09 Å². The molecule has 0 aliphatic carbocycles. The molecule has 1 fully saturated rings. The largest absolute Gasteiger partial charge is 0.465 e. The van der Waals surface area contributed by atoms with Gasteiger partial charge in [0.1, 0.15) is 17.6 Å². The molecule has 1 aliphatic heterocycles. The fraction of sp³-hybridized carbons (Fsp3) is 0.267. The predicted octanol–water partition coefficient (Wildman–Crippen LogP) is 1.95. The fourth-order valence-corrected chi connectivity index (χ4v) is 2.72. The maximum Gasteiger partial charge on any atom is 0.404 e. The van der Waals surface area contributed by atoms with Gasteiger partial charge < -0.3 is 15.3 Å². The normalized spacial score (nSPS) is 17.7. The van der Waals surface area contributed by atoms with Crippen molar-refractivity contribution in [3.63, 3.8) is 0 Å². The molecule has 106 valence electrons. The highest BCUT2D eigenvalue weighted by atomic mass is 16.4. The molecule has 6 nitrogen and oxygen atoms in total. The maximum atomic E-state index is 10.7. The Morgan fingerprint density at radius 1 is 1.48 bits per heavy atom. The number of fused-ring (bicyclic) bond motifs is 1. The second kappa shape index (κ2) is 5.29. The zero-order valence-electron chi connectivity index (χ0n) is 11.3. The number of amides is 1. The first-order chi connectivity index (χ1) is 10.2. The van der Waals surface area contributed by atoms with Crippen molar-refractivity contribution in [2.45, 2.75) is 12.5 Å². The zero-order valence-corrected chi connectivity index (χ0v) is 11.3. The lowest BCUT2D eigenvalue weighted by atomic mass is 10.1. The first kappa shape index (κ1) is 13.2. The van der Waals surface area contributed by atoms with Gasteiger partial charge in [-0.25, -0.2) is 9.78 Å². The summed E-state index contributed by atoms with van der Waals surface area (Å²) in [5.74, 6) is 0.749. The number of nitriles is 1. The summed E-state index contributed by atoms with van der Waals surface area (Å²) < 4.78 is 0.